The minimum atomic E-state index is -0.604. The number of rotatable bonds is 7. The minimum absolute atomic E-state index is 0.00897. The van der Waals surface area contributed by atoms with E-state index in [-0.39, 0.29) is 17.0 Å². The predicted octanol–water partition coefficient (Wildman–Crippen LogP) is 2.97. The number of Topliss-reactive ketones (excluding diaryl/α,β-unsaturated/α-hetero) is 1. The minimum Gasteiger partial charge on any atom is -0.493 e. The summed E-state index contributed by atoms with van der Waals surface area (Å²) in [5.74, 6) is 0.183. The van der Waals surface area contributed by atoms with Gasteiger partial charge in [0.1, 0.15) is 0 Å². The van der Waals surface area contributed by atoms with Crippen LogP contribution < -0.4 is 9.47 Å². The number of carbonyl (C=O) groups is 1. The van der Waals surface area contributed by atoms with Crippen molar-refractivity contribution in [2.75, 3.05) is 19.0 Å². The lowest BCUT2D eigenvalue weighted by Crippen LogP contribution is -2.05. The van der Waals surface area contributed by atoms with Crippen LogP contribution in [-0.2, 0) is 0 Å². The smallest absolute Gasteiger partial charge is 0.284 e. The van der Waals surface area contributed by atoms with Gasteiger partial charge in [-0.15, -0.1) is 0 Å². The molecule has 1 rings (SSSR count). The molecule has 7 heteroatoms. The second-order valence-corrected chi connectivity index (χ2v) is 4.52. The summed E-state index contributed by atoms with van der Waals surface area (Å²) in [7, 11) is 1.42. The van der Waals surface area contributed by atoms with E-state index >= 15 is 0 Å². The Morgan fingerprint density at radius 1 is 1.42 bits per heavy atom. The second kappa shape index (κ2) is 7.08. The molecule has 0 saturated heterocycles. The fourth-order valence-electron chi connectivity index (χ4n) is 1.49. The Balaban J connectivity index is 3.19. The van der Waals surface area contributed by atoms with Crippen molar-refractivity contribution in [3.05, 3.63) is 27.8 Å². The summed E-state index contributed by atoms with van der Waals surface area (Å²) >= 11 is 3.26. The van der Waals surface area contributed by atoms with Gasteiger partial charge in [0.25, 0.3) is 5.69 Å². The molecule has 1 aromatic carbocycles. The third-order valence-corrected chi connectivity index (χ3v) is 2.95. The van der Waals surface area contributed by atoms with Crippen LogP contribution in [0.5, 0.6) is 11.5 Å². The van der Waals surface area contributed by atoms with Gasteiger partial charge in [0, 0.05) is 11.4 Å². The highest BCUT2D eigenvalue weighted by atomic mass is 79.9. The second-order valence-electron chi connectivity index (χ2n) is 3.72. The number of hydrogen-bond donors (Lipinski definition) is 0. The summed E-state index contributed by atoms with van der Waals surface area (Å²) < 4.78 is 10.5. The van der Waals surface area contributed by atoms with E-state index in [4.69, 9.17) is 9.47 Å². The summed E-state index contributed by atoms with van der Waals surface area (Å²) in [4.78, 5) is 21.8. The fourth-order valence-corrected chi connectivity index (χ4v) is 1.72. The number of ketones is 1. The Hall–Kier alpha value is -1.63. The molecule has 104 valence electrons. The first-order valence-electron chi connectivity index (χ1n) is 5.57. The molecule has 0 unspecified atom stereocenters. The molecule has 0 amide bonds. The molecule has 0 atom stereocenters. The summed E-state index contributed by atoms with van der Waals surface area (Å²) in [6.45, 7) is 1.67. The van der Waals surface area contributed by atoms with E-state index in [2.05, 4.69) is 15.9 Å². The number of nitrogens with zero attached hydrogens (tertiary/aromatic N) is 1. The molecule has 0 fully saturated rings. The molecule has 0 heterocycles. The number of alkyl halides is 1. The van der Waals surface area contributed by atoms with Crippen LogP contribution in [0.15, 0.2) is 12.1 Å². The van der Waals surface area contributed by atoms with E-state index in [0.29, 0.717) is 12.4 Å². The highest BCUT2D eigenvalue weighted by Gasteiger charge is 2.22. The van der Waals surface area contributed by atoms with E-state index in [1.165, 1.54) is 26.2 Å². The first-order valence-corrected chi connectivity index (χ1v) is 6.69. The molecule has 0 saturated carbocycles. The van der Waals surface area contributed by atoms with Gasteiger partial charge >= 0.3 is 0 Å². The fraction of sp³-hybridized carbons (Fsp3) is 0.417. The standard InChI is InChI=1S/C12H14BrNO5/c1-8(15)9-6-11(18-2)12(19-5-3-4-13)7-10(9)14(16)17/h6-7H,3-5H2,1-2H3. The number of halogens is 1. The largest absolute Gasteiger partial charge is 0.493 e. The normalized spacial score (nSPS) is 10.1. The summed E-state index contributed by atoms with van der Waals surface area (Å²) in [6, 6.07) is 2.56. The predicted molar refractivity (Wildman–Crippen MR) is 73.6 cm³/mol. The maximum atomic E-state index is 11.4. The Labute approximate surface area is 119 Å². The number of nitro benzene ring substituents is 1. The monoisotopic (exact) mass is 331 g/mol. The van der Waals surface area contributed by atoms with Crippen molar-refractivity contribution in [1.29, 1.82) is 0 Å². The van der Waals surface area contributed by atoms with Crippen molar-refractivity contribution >= 4 is 27.4 Å². The lowest BCUT2D eigenvalue weighted by atomic mass is 10.1. The van der Waals surface area contributed by atoms with Crippen LogP contribution in [0.2, 0.25) is 0 Å². The molecule has 1 aromatic rings. The zero-order valence-corrected chi connectivity index (χ0v) is 12.2. The van der Waals surface area contributed by atoms with E-state index in [1.54, 1.807) is 0 Å². The molecule has 0 aromatic heterocycles. The SMILES string of the molecule is COc1cc(C(C)=O)c([N+](=O)[O-])cc1OCCCBr. The average molecular weight is 332 g/mol. The molecular weight excluding hydrogens is 318 g/mol. The topological polar surface area (TPSA) is 78.7 Å². The van der Waals surface area contributed by atoms with Crippen molar-refractivity contribution in [3.63, 3.8) is 0 Å². The Morgan fingerprint density at radius 2 is 2.11 bits per heavy atom. The van der Waals surface area contributed by atoms with Gasteiger partial charge in [0.15, 0.2) is 17.3 Å². The van der Waals surface area contributed by atoms with Crippen molar-refractivity contribution in [3.8, 4) is 11.5 Å². The number of ether oxygens (including phenoxy) is 2. The molecule has 0 aliphatic heterocycles. The maximum absolute atomic E-state index is 11.4. The van der Waals surface area contributed by atoms with Gasteiger partial charge in [0.05, 0.1) is 30.3 Å². The highest BCUT2D eigenvalue weighted by Crippen LogP contribution is 2.35. The van der Waals surface area contributed by atoms with Gasteiger partial charge in [-0.3, -0.25) is 14.9 Å². The summed E-state index contributed by atoms with van der Waals surface area (Å²) in [6.07, 6.45) is 0.755. The Kier molecular flexibility index (Phi) is 5.75. The third-order valence-electron chi connectivity index (χ3n) is 2.39. The van der Waals surface area contributed by atoms with Crippen LogP contribution in [-0.4, -0.2) is 29.8 Å². The van der Waals surface area contributed by atoms with Gasteiger partial charge in [-0.2, -0.15) is 0 Å². The van der Waals surface area contributed by atoms with Gasteiger partial charge < -0.3 is 9.47 Å². The zero-order chi connectivity index (χ0) is 14.4. The van der Waals surface area contributed by atoms with Crippen molar-refractivity contribution in [1.82, 2.24) is 0 Å². The Bertz CT molecular complexity index is 489. The van der Waals surface area contributed by atoms with Gasteiger partial charge in [-0.25, -0.2) is 0 Å². The molecule has 0 spiro atoms. The third kappa shape index (κ3) is 3.92. The van der Waals surface area contributed by atoms with Crippen molar-refractivity contribution in [2.24, 2.45) is 0 Å². The highest BCUT2D eigenvalue weighted by molar-refractivity contribution is 9.09. The maximum Gasteiger partial charge on any atom is 0.284 e. The molecular formula is C12H14BrNO5. The first-order chi connectivity index (χ1) is 9.01. The van der Waals surface area contributed by atoms with E-state index in [0.717, 1.165) is 11.8 Å². The molecule has 19 heavy (non-hydrogen) atoms. The zero-order valence-electron chi connectivity index (χ0n) is 10.6. The van der Waals surface area contributed by atoms with Gasteiger partial charge in [-0.05, 0) is 13.3 Å². The summed E-state index contributed by atoms with van der Waals surface area (Å²) in [5, 5.41) is 11.7. The lowest BCUT2D eigenvalue weighted by molar-refractivity contribution is -0.385. The number of carbonyl (C=O) groups excluding carboxylic acids is 1. The first kappa shape index (κ1) is 15.4. The van der Waals surface area contributed by atoms with Crippen molar-refractivity contribution < 1.29 is 19.2 Å². The van der Waals surface area contributed by atoms with Crippen LogP contribution in [0.1, 0.15) is 23.7 Å². The van der Waals surface area contributed by atoms with Crippen molar-refractivity contribution in [2.45, 2.75) is 13.3 Å². The van der Waals surface area contributed by atoms with E-state index in [9.17, 15) is 14.9 Å². The van der Waals surface area contributed by atoms with E-state index < -0.39 is 10.7 Å². The van der Waals surface area contributed by atoms with Gasteiger partial charge in [-0.1, -0.05) is 15.9 Å². The van der Waals surface area contributed by atoms with Crippen LogP contribution in [0, 0.1) is 10.1 Å². The molecule has 0 bridgehead atoms. The lowest BCUT2D eigenvalue weighted by Gasteiger charge is -2.11. The number of benzene rings is 1. The molecule has 0 aliphatic rings. The summed E-state index contributed by atoms with van der Waals surface area (Å²) in [5.41, 5.74) is -0.267. The van der Waals surface area contributed by atoms with Crippen LogP contribution in [0.25, 0.3) is 0 Å². The average Bonchev–Trinajstić information content (AvgIpc) is 2.38. The molecule has 0 aliphatic carbocycles. The Morgan fingerprint density at radius 3 is 2.58 bits per heavy atom. The molecule has 0 radical (unpaired) electrons. The number of nitro groups is 1. The number of methoxy groups -OCH3 is 1. The number of hydrogen-bond acceptors (Lipinski definition) is 5. The van der Waals surface area contributed by atoms with Crippen LogP contribution in [0.4, 0.5) is 5.69 Å². The van der Waals surface area contributed by atoms with Gasteiger partial charge in [0.2, 0.25) is 0 Å². The quantitative estimate of drug-likeness (QED) is 0.252. The van der Waals surface area contributed by atoms with Crippen LogP contribution in [0.3, 0.4) is 0 Å². The molecule has 6 nitrogen and oxygen atoms in total. The molecule has 0 N–H and O–H groups in total. The van der Waals surface area contributed by atoms with E-state index in [1.807, 2.05) is 0 Å². The van der Waals surface area contributed by atoms with Crippen LogP contribution >= 0.6 is 15.9 Å².